The quantitative estimate of drug-likeness (QED) is 0.383. The second-order valence-electron chi connectivity index (χ2n) is 9.27. The molecule has 1 aromatic carbocycles. The number of H-pyrrole nitrogens is 1. The number of nitrogens with zero attached hydrogens (tertiary/aromatic N) is 3. The van der Waals surface area contributed by atoms with Crippen molar-refractivity contribution in [2.75, 3.05) is 17.6 Å². The molecule has 0 radical (unpaired) electrons. The molecule has 36 heavy (non-hydrogen) atoms. The normalized spacial score (nSPS) is 13.1. The van der Waals surface area contributed by atoms with E-state index in [9.17, 15) is 19.6 Å². The van der Waals surface area contributed by atoms with Crippen molar-refractivity contribution in [3.63, 3.8) is 0 Å². The maximum Gasteiger partial charge on any atom is 0.442 e. The molecule has 188 valence electrons. The summed E-state index contributed by atoms with van der Waals surface area (Å²) in [7, 11) is 0. The molecule has 10 nitrogen and oxygen atoms in total. The number of thiophene rings is 1. The van der Waals surface area contributed by atoms with Crippen LogP contribution in [0.2, 0.25) is 0 Å². The van der Waals surface area contributed by atoms with Crippen molar-refractivity contribution in [2.24, 2.45) is 0 Å². The minimum absolute atomic E-state index is 0.0635. The van der Waals surface area contributed by atoms with Gasteiger partial charge in [-0.05, 0) is 61.4 Å². The SMILES string of the molecule is Cc1ccc(-[n+]2[nH]oc(=O)c2SCC(=O)Nc2sc3c(c2C#N)CCN(C(=O)OC(C)(C)C)C3)cc1. The predicted octanol–water partition coefficient (Wildman–Crippen LogP) is 3.51. The summed E-state index contributed by atoms with van der Waals surface area (Å²) in [6.45, 7) is 8.13. The Balaban J connectivity index is 1.45. The Labute approximate surface area is 215 Å². The number of ether oxygens (including phenoxy) is 1. The summed E-state index contributed by atoms with van der Waals surface area (Å²) in [5.74, 6) is -0.429. The Hall–Kier alpha value is -3.56. The van der Waals surface area contributed by atoms with Gasteiger partial charge < -0.3 is 15.0 Å². The zero-order chi connectivity index (χ0) is 26.0. The van der Waals surface area contributed by atoms with Crippen molar-refractivity contribution >= 4 is 40.1 Å². The van der Waals surface area contributed by atoms with E-state index in [-0.39, 0.29) is 16.7 Å². The molecule has 0 bridgehead atoms. The summed E-state index contributed by atoms with van der Waals surface area (Å²) in [6, 6.07) is 9.66. The maximum absolute atomic E-state index is 12.8. The Morgan fingerprint density at radius 3 is 2.72 bits per heavy atom. The highest BCUT2D eigenvalue weighted by molar-refractivity contribution is 7.99. The van der Waals surface area contributed by atoms with E-state index in [0.717, 1.165) is 27.8 Å². The molecule has 0 spiro atoms. The summed E-state index contributed by atoms with van der Waals surface area (Å²) in [6.07, 6.45) is 0.0914. The van der Waals surface area contributed by atoms with Crippen molar-refractivity contribution in [2.45, 2.75) is 51.3 Å². The van der Waals surface area contributed by atoms with Crippen molar-refractivity contribution < 1.29 is 23.5 Å². The molecule has 0 saturated heterocycles. The van der Waals surface area contributed by atoms with Gasteiger partial charge in [0.15, 0.2) is 0 Å². The van der Waals surface area contributed by atoms with Gasteiger partial charge >= 0.3 is 16.7 Å². The van der Waals surface area contributed by atoms with Gasteiger partial charge in [0, 0.05) is 23.6 Å². The van der Waals surface area contributed by atoms with Crippen LogP contribution in [-0.2, 0) is 22.5 Å². The van der Waals surface area contributed by atoms with E-state index >= 15 is 0 Å². The lowest BCUT2D eigenvalue weighted by atomic mass is 10.0. The van der Waals surface area contributed by atoms with Gasteiger partial charge in [0.05, 0.1) is 17.9 Å². The zero-order valence-electron chi connectivity index (χ0n) is 20.3. The first-order valence-electron chi connectivity index (χ1n) is 11.2. The standard InChI is InChI=1S/C24H25N5O5S2/c1-14-5-7-15(8-6-14)29-21(22(31)34-27-29)35-13-19(30)26-20-17(11-25)16-9-10-28(12-18(16)36-20)23(32)33-24(2,3)4/h5-8H,9-10,12-13H2,1-4H3,(H-,26,27,30,31)/p+1. The molecule has 2 amide bonds. The Kier molecular flexibility index (Phi) is 7.23. The summed E-state index contributed by atoms with van der Waals surface area (Å²) in [5, 5.41) is 15.8. The van der Waals surface area contributed by atoms with Gasteiger partial charge in [0.2, 0.25) is 11.6 Å². The molecule has 0 atom stereocenters. The maximum atomic E-state index is 12.8. The van der Waals surface area contributed by atoms with Gasteiger partial charge in [-0.2, -0.15) is 5.26 Å². The van der Waals surface area contributed by atoms with Crippen LogP contribution in [0.4, 0.5) is 9.80 Å². The highest BCUT2D eigenvalue weighted by Gasteiger charge is 2.30. The average molecular weight is 529 g/mol. The average Bonchev–Trinajstić information content (AvgIpc) is 3.35. The van der Waals surface area contributed by atoms with Gasteiger partial charge in [0.1, 0.15) is 16.7 Å². The topological polar surface area (TPSA) is 132 Å². The van der Waals surface area contributed by atoms with Crippen LogP contribution in [0.1, 0.15) is 42.3 Å². The van der Waals surface area contributed by atoms with Gasteiger partial charge in [-0.1, -0.05) is 17.7 Å². The third kappa shape index (κ3) is 5.63. The van der Waals surface area contributed by atoms with Crippen LogP contribution >= 0.6 is 23.1 Å². The number of fused-ring (bicyclic) bond motifs is 1. The van der Waals surface area contributed by atoms with Crippen molar-refractivity contribution in [3.8, 4) is 11.8 Å². The second kappa shape index (κ2) is 10.2. The number of rotatable bonds is 5. The molecule has 2 N–H and O–H groups in total. The summed E-state index contributed by atoms with van der Waals surface area (Å²) in [5.41, 5.74) is 1.83. The first-order chi connectivity index (χ1) is 17.1. The molecule has 1 aliphatic rings. The number of benzene rings is 1. The number of thioether (sulfide) groups is 1. The van der Waals surface area contributed by atoms with E-state index in [1.54, 1.807) is 4.90 Å². The number of carbonyl (C=O) groups excluding carboxylic acids is 2. The van der Waals surface area contributed by atoms with Gasteiger partial charge in [-0.15, -0.1) is 11.3 Å². The molecule has 0 unspecified atom stereocenters. The smallest absolute Gasteiger partial charge is 0.442 e. The first-order valence-corrected chi connectivity index (χ1v) is 13.0. The predicted molar refractivity (Wildman–Crippen MR) is 134 cm³/mol. The van der Waals surface area contributed by atoms with E-state index < -0.39 is 17.3 Å². The lowest BCUT2D eigenvalue weighted by Gasteiger charge is -2.29. The first kappa shape index (κ1) is 25.5. The Morgan fingerprint density at radius 1 is 1.33 bits per heavy atom. The minimum atomic E-state index is -0.601. The molecule has 0 fully saturated rings. The van der Waals surface area contributed by atoms with E-state index in [0.29, 0.717) is 35.8 Å². The number of aromatic nitrogens is 2. The lowest BCUT2D eigenvalue weighted by Crippen LogP contribution is -2.39. The highest BCUT2D eigenvalue weighted by Crippen LogP contribution is 2.37. The summed E-state index contributed by atoms with van der Waals surface area (Å²) < 4.78 is 11.9. The molecule has 4 rings (SSSR count). The number of nitrogens with one attached hydrogen (secondary N) is 2. The minimum Gasteiger partial charge on any atom is -0.444 e. The highest BCUT2D eigenvalue weighted by atomic mass is 32.2. The van der Waals surface area contributed by atoms with Crippen LogP contribution in [0, 0.1) is 18.3 Å². The van der Waals surface area contributed by atoms with Crippen LogP contribution in [0.5, 0.6) is 0 Å². The van der Waals surface area contributed by atoms with Gasteiger partial charge in [-0.3, -0.25) is 9.32 Å². The number of anilines is 1. The molecule has 3 aromatic rings. The second-order valence-corrected chi connectivity index (χ2v) is 11.3. The van der Waals surface area contributed by atoms with E-state index in [1.807, 2.05) is 52.0 Å². The molecule has 1 aliphatic heterocycles. The molecule has 2 aromatic heterocycles. The van der Waals surface area contributed by atoms with Gasteiger partial charge in [-0.25, -0.2) is 9.59 Å². The van der Waals surface area contributed by atoms with E-state index in [2.05, 4.69) is 16.7 Å². The van der Waals surface area contributed by atoms with Crippen LogP contribution in [0.3, 0.4) is 0 Å². The molecular weight excluding hydrogens is 502 g/mol. The summed E-state index contributed by atoms with van der Waals surface area (Å²) in [4.78, 5) is 39.9. The van der Waals surface area contributed by atoms with Crippen LogP contribution in [0.15, 0.2) is 38.6 Å². The fourth-order valence-corrected chi connectivity index (χ4v) is 5.64. The number of aromatic amines is 1. The third-order valence-corrected chi connectivity index (χ3v) is 7.47. The zero-order valence-corrected chi connectivity index (χ0v) is 22.0. The number of aryl methyl sites for hydroxylation is 1. The number of amides is 2. The lowest BCUT2D eigenvalue weighted by molar-refractivity contribution is -0.704. The van der Waals surface area contributed by atoms with E-state index in [4.69, 9.17) is 9.26 Å². The third-order valence-electron chi connectivity index (χ3n) is 5.31. The number of nitriles is 1. The van der Waals surface area contributed by atoms with E-state index in [1.165, 1.54) is 16.0 Å². The molecular formula is C24H26N5O5S2+. The number of hydrogen-bond donors (Lipinski definition) is 2. The van der Waals surface area contributed by atoms with Crippen LogP contribution in [-0.4, -0.2) is 40.1 Å². The number of carbonyl (C=O) groups is 2. The fourth-order valence-electron chi connectivity index (χ4n) is 3.64. The van der Waals surface area contributed by atoms with Crippen molar-refractivity contribution in [1.82, 2.24) is 10.2 Å². The van der Waals surface area contributed by atoms with Gasteiger partial charge in [0.25, 0.3) is 0 Å². The van der Waals surface area contributed by atoms with Crippen molar-refractivity contribution in [3.05, 3.63) is 56.3 Å². The monoisotopic (exact) mass is 528 g/mol. The molecule has 12 heteroatoms. The summed E-state index contributed by atoms with van der Waals surface area (Å²) >= 11 is 2.31. The van der Waals surface area contributed by atoms with Crippen LogP contribution < -0.4 is 15.6 Å². The number of hydrogen-bond acceptors (Lipinski definition) is 8. The fraction of sp³-hybridized carbons (Fsp3) is 0.375. The van der Waals surface area contributed by atoms with Crippen molar-refractivity contribution in [1.29, 1.82) is 5.26 Å². The Morgan fingerprint density at radius 2 is 2.06 bits per heavy atom. The largest absolute Gasteiger partial charge is 0.444 e. The Bertz CT molecular complexity index is 1390. The molecule has 0 aliphatic carbocycles. The molecule has 3 heterocycles. The van der Waals surface area contributed by atoms with Crippen LogP contribution in [0.25, 0.3) is 5.69 Å². The molecule has 0 saturated carbocycles.